The van der Waals surface area contributed by atoms with Crippen molar-refractivity contribution in [1.29, 1.82) is 0 Å². The minimum Gasteiger partial charge on any atom is -0.382 e. The van der Waals surface area contributed by atoms with Crippen molar-refractivity contribution in [2.75, 3.05) is 45.1 Å². The van der Waals surface area contributed by atoms with E-state index < -0.39 is 0 Å². The number of pyridine rings is 1. The molecule has 3 rings (SSSR count). The van der Waals surface area contributed by atoms with Gasteiger partial charge in [-0.2, -0.15) is 0 Å². The van der Waals surface area contributed by atoms with Crippen molar-refractivity contribution in [3.05, 3.63) is 18.1 Å². The largest absolute Gasteiger partial charge is 0.382 e. The molecular weight excluding hydrogens is 418 g/mol. The molecule has 1 unspecified atom stereocenters. The summed E-state index contributed by atoms with van der Waals surface area (Å²) in [6, 6.07) is -0.0938. The van der Waals surface area contributed by atoms with Crippen LogP contribution in [0.25, 0.3) is 11.0 Å². The third kappa shape index (κ3) is 6.35. The molecule has 1 saturated carbocycles. The predicted molar refractivity (Wildman–Crippen MR) is 132 cm³/mol. The van der Waals surface area contributed by atoms with Crippen LogP contribution in [0.3, 0.4) is 0 Å². The van der Waals surface area contributed by atoms with Gasteiger partial charge in [0, 0.05) is 37.4 Å². The first-order valence-corrected chi connectivity index (χ1v) is 12.4. The number of anilines is 1. The number of urea groups is 1. The molecule has 33 heavy (non-hydrogen) atoms. The molecule has 1 atom stereocenters. The number of hydrogen-bond donors (Lipinski definition) is 2. The fourth-order valence-electron chi connectivity index (χ4n) is 4.92. The number of carbonyl (C=O) groups excluding carboxylic acids is 1. The molecule has 2 aromatic rings. The Kier molecular flexibility index (Phi) is 9.31. The summed E-state index contributed by atoms with van der Waals surface area (Å²) in [5.74, 6) is 0.754. The highest BCUT2D eigenvalue weighted by Gasteiger charge is 2.23. The monoisotopic (exact) mass is 459 g/mol. The molecular formula is C24H41N7O2. The molecule has 4 N–H and O–H groups in total. The van der Waals surface area contributed by atoms with E-state index in [-0.39, 0.29) is 12.1 Å². The summed E-state index contributed by atoms with van der Waals surface area (Å²) in [7, 11) is 0. The number of ether oxygens (including phenoxy) is 1. The summed E-state index contributed by atoms with van der Waals surface area (Å²) >= 11 is 0. The van der Waals surface area contributed by atoms with Gasteiger partial charge in [-0.05, 0) is 31.8 Å². The van der Waals surface area contributed by atoms with E-state index in [1.54, 1.807) is 4.90 Å². The Morgan fingerprint density at radius 1 is 1.21 bits per heavy atom. The fraction of sp³-hybridized carbons (Fsp3) is 0.708. The van der Waals surface area contributed by atoms with Crippen molar-refractivity contribution in [1.82, 2.24) is 24.3 Å². The third-order valence-electron chi connectivity index (χ3n) is 6.91. The maximum atomic E-state index is 11.9. The molecule has 184 valence electrons. The van der Waals surface area contributed by atoms with Crippen LogP contribution in [-0.4, -0.2) is 75.8 Å². The molecule has 9 heteroatoms. The SMILES string of the molecule is CCN(CC)CC(C)c1cnc(N)c2ncn(CCOCCN(C(N)=O)C3CCCCC3)c12. The zero-order valence-electron chi connectivity index (χ0n) is 20.5. The zero-order chi connectivity index (χ0) is 23.8. The van der Waals surface area contributed by atoms with Gasteiger partial charge in [-0.1, -0.05) is 40.0 Å². The van der Waals surface area contributed by atoms with E-state index >= 15 is 0 Å². The smallest absolute Gasteiger partial charge is 0.315 e. The van der Waals surface area contributed by atoms with Gasteiger partial charge in [0.05, 0.1) is 25.1 Å². The van der Waals surface area contributed by atoms with E-state index in [9.17, 15) is 4.79 Å². The number of nitrogens with zero attached hydrogens (tertiary/aromatic N) is 5. The molecule has 0 bridgehead atoms. The Morgan fingerprint density at radius 3 is 2.61 bits per heavy atom. The molecule has 1 fully saturated rings. The van der Waals surface area contributed by atoms with E-state index in [1.165, 1.54) is 6.42 Å². The maximum absolute atomic E-state index is 11.9. The second kappa shape index (κ2) is 12.2. The van der Waals surface area contributed by atoms with E-state index in [0.29, 0.717) is 38.0 Å². The molecule has 2 aromatic heterocycles. The molecule has 0 radical (unpaired) electrons. The number of fused-ring (bicyclic) bond motifs is 1. The first-order valence-electron chi connectivity index (χ1n) is 12.4. The van der Waals surface area contributed by atoms with Crippen molar-refractivity contribution >= 4 is 22.9 Å². The average Bonchev–Trinajstić information content (AvgIpc) is 3.25. The average molecular weight is 460 g/mol. The second-order valence-corrected chi connectivity index (χ2v) is 9.06. The number of likely N-dealkylation sites (N-methyl/N-ethyl adjacent to an activating group) is 1. The van der Waals surface area contributed by atoms with Crippen molar-refractivity contribution in [3.63, 3.8) is 0 Å². The Morgan fingerprint density at radius 2 is 1.94 bits per heavy atom. The minimum absolute atomic E-state index is 0.253. The number of carbonyl (C=O) groups is 1. The van der Waals surface area contributed by atoms with Gasteiger partial charge in [0.2, 0.25) is 0 Å². The van der Waals surface area contributed by atoms with E-state index in [2.05, 4.69) is 40.2 Å². The van der Waals surface area contributed by atoms with E-state index in [1.807, 2.05) is 12.5 Å². The lowest BCUT2D eigenvalue weighted by atomic mass is 9.94. The quantitative estimate of drug-likeness (QED) is 0.471. The van der Waals surface area contributed by atoms with Crippen LogP contribution in [0.5, 0.6) is 0 Å². The topological polar surface area (TPSA) is 116 Å². The summed E-state index contributed by atoms with van der Waals surface area (Å²) in [6.45, 7) is 11.8. The molecule has 9 nitrogen and oxygen atoms in total. The van der Waals surface area contributed by atoms with Crippen LogP contribution in [0.1, 0.15) is 64.4 Å². The van der Waals surface area contributed by atoms with Crippen LogP contribution in [0.15, 0.2) is 12.5 Å². The van der Waals surface area contributed by atoms with Crippen molar-refractivity contribution in [2.24, 2.45) is 5.73 Å². The van der Waals surface area contributed by atoms with Gasteiger partial charge < -0.3 is 30.6 Å². The van der Waals surface area contributed by atoms with Gasteiger partial charge in [-0.3, -0.25) is 0 Å². The molecule has 0 saturated heterocycles. The van der Waals surface area contributed by atoms with E-state index in [4.69, 9.17) is 16.2 Å². The summed E-state index contributed by atoms with van der Waals surface area (Å²) in [4.78, 5) is 25.0. The molecule has 2 heterocycles. The van der Waals surface area contributed by atoms with Gasteiger partial charge >= 0.3 is 6.03 Å². The molecule has 1 aliphatic rings. The second-order valence-electron chi connectivity index (χ2n) is 9.06. The molecule has 2 amide bonds. The number of nitrogen functional groups attached to an aromatic ring is 1. The molecule has 0 aliphatic heterocycles. The molecule has 0 aromatic carbocycles. The predicted octanol–water partition coefficient (Wildman–Crippen LogP) is 3.19. The third-order valence-corrected chi connectivity index (χ3v) is 6.91. The van der Waals surface area contributed by atoms with Crippen LogP contribution in [0, 0.1) is 0 Å². The number of aromatic nitrogens is 3. The lowest BCUT2D eigenvalue weighted by Crippen LogP contribution is -2.46. The highest BCUT2D eigenvalue weighted by molar-refractivity contribution is 5.87. The highest BCUT2D eigenvalue weighted by Crippen LogP contribution is 2.28. The highest BCUT2D eigenvalue weighted by atomic mass is 16.5. The number of amides is 2. The van der Waals surface area contributed by atoms with Crippen molar-refractivity contribution in [2.45, 2.75) is 71.4 Å². The number of hydrogen-bond acceptors (Lipinski definition) is 6. The molecule has 0 spiro atoms. The number of imidazole rings is 1. The van der Waals surface area contributed by atoms with Crippen LogP contribution in [-0.2, 0) is 11.3 Å². The van der Waals surface area contributed by atoms with Crippen LogP contribution < -0.4 is 11.5 Å². The Balaban J connectivity index is 1.61. The maximum Gasteiger partial charge on any atom is 0.315 e. The Labute approximate surface area is 197 Å². The summed E-state index contributed by atoms with van der Waals surface area (Å²) in [5, 5.41) is 0. The summed E-state index contributed by atoms with van der Waals surface area (Å²) < 4.78 is 8.01. The standard InChI is InChI=1S/C24H41N7O2/c1-4-29(5-2)16-18(3)20-15-27-23(25)21-22(20)30(17-28-21)11-13-33-14-12-31(24(26)32)19-9-7-6-8-10-19/h15,17-19H,4-14,16H2,1-3H3,(H2,25,27)(H2,26,32). The number of primary amides is 1. The van der Waals surface area contributed by atoms with Crippen LogP contribution >= 0.6 is 0 Å². The lowest BCUT2D eigenvalue weighted by Gasteiger charge is -2.33. The van der Waals surface area contributed by atoms with Crippen molar-refractivity contribution in [3.8, 4) is 0 Å². The fourth-order valence-corrected chi connectivity index (χ4v) is 4.92. The minimum atomic E-state index is -0.346. The van der Waals surface area contributed by atoms with E-state index in [0.717, 1.165) is 61.9 Å². The number of nitrogens with two attached hydrogens (primary N) is 2. The lowest BCUT2D eigenvalue weighted by molar-refractivity contribution is 0.0880. The summed E-state index contributed by atoms with van der Waals surface area (Å²) in [5.41, 5.74) is 14.7. The van der Waals surface area contributed by atoms with Gasteiger partial charge in [-0.15, -0.1) is 0 Å². The van der Waals surface area contributed by atoms with Crippen LogP contribution in [0.2, 0.25) is 0 Å². The van der Waals surface area contributed by atoms with Gasteiger partial charge in [0.1, 0.15) is 5.52 Å². The van der Waals surface area contributed by atoms with Gasteiger partial charge in [-0.25, -0.2) is 14.8 Å². The molecule has 1 aliphatic carbocycles. The van der Waals surface area contributed by atoms with Gasteiger partial charge in [0.25, 0.3) is 0 Å². The van der Waals surface area contributed by atoms with Crippen LogP contribution in [0.4, 0.5) is 10.6 Å². The Hall–Kier alpha value is -2.39. The number of rotatable bonds is 12. The zero-order valence-corrected chi connectivity index (χ0v) is 20.5. The van der Waals surface area contributed by atoms with Gasteiger partial charge in [0.15, 0.2) is 5.82 Å². The first-order chi connectivity index (χ1) is 16.0. The summed E-state index contributed by atoms with van der Waals surface area (Å²) in [6.07, 6.45) is 9.35. The first kappa shape index (κ1) is 25.2. The normalized spacial score (nSPS) is 15.9. The Bertz CT molecular complexity index is 890. The van der Waals surface area contributed by atoms with Crippen molar-refractivity contribution < 1.29 is 9.53 Å².